The zero-order chi connectivity index (χ0) is 11.8. The van der Waals surface area contributed by atoms with E-state index in [0.29, 0.717) is 5.39 Å². The van der Waals surface area contributed by atoms with Gasteiger partial charge in [-0.1, -0.05) is 30.3 Å². The fraction of sp³-hybridized carbons (Fsp3) is 0.0909. The van der Waals surface area contributed by atoms with E-state index in [1.54, 1.807) is 18.2 Å². The summed E-state index contributed by atoms with van der Waals surface area (Å²) in [6, 6.07) is 10.5. The highest BCUT2D eigenvalue weighted by Crippen LogP contribution is 2.26. The lowest BCUT2D eigenvalue weighted by Crippen LogP contribution is -2.11. The molecular formula is C11H11NO3S. The lowest BCUT2D eigenvalue weighted by molar-refractivity contribution is 0.333. The third-order valence-corrected chi connectivity index (χ3v) is 3.65. The quantitative estimate of drug-likeness (QED) is 0.807. The Morgan fingerprint density at radius 2 is 1.69 bits per heavy atom. The highest BCUT2D eigenvalue weighted by atomic mass is 32.2. The maximum atomic E-state index is 11.6. The van der Waals surface area contributed by atoms with Gasteiger partial charge in [-0.3, -0.25) is 0 Å². The van der Waals surface area contributed by atoms with E-state index in [-0.39, 0.29) is 4.90 Å². The first-order chi connectivity index (χ1) is 7.56. The molecule has 0 aliphatic carbocycles. The van der Waals surface area contributed by atoms with Crippen molar-refractivity contribution in [2.75, 3.05) is 0 Å². The van der Waals surface area contributed by atoms with Crippen molar-refractivity contribution in [3.05, 3.63) is 42.0 Å². The van der Waals surface area contributed by atoms with Gasteiger partial charge in [0.05, 0.1) is 0 Å². The molecule has 5 heteroatoms. The van der Waals surface area contributed by atoms with Crippen LogP contribution >= 0.6 is 0 Å². The second-order valence-electron chi connectivity index (χ2n) is 3.48. The molecule has 16 heavy (non-hydrogen) atoms. The second-order valence-corrected chi connectivity index (χ2v) is 5.02. The molecule has 0 radical (unpaired) electrons. The molecule has 2 N–H and O–H groups in total. The molecule has 2 aromatic rings. The average molecular weight is 237 g/mol. The Kier molecular flexibility index (Phi) is 2.67. The van der Waals surface area contributed by atoms with Gasteiger partial charge in [-0.2, -0.15) is 18.6 Å². The molecule has 0 fully saturated rings. The van der Waals surface area contributed by atoms with Crippen molar-refractivity contribution in [3.8, 4) is 0 Å². The number of rotatable bonds is 2. The van der Waals surface area contributed by atoms with Gasteiger partial charge in [0.2, 0.25) is 0 Å². The van der Waals surface area contributed by atoms with Crippen LogP contribution in [0.5, 0.6) is 0 Å². The lowest BCUT2D eigenvalue weighted by Gasteiger charge is -2.07. The molecule has 0 bridgehead atoms. The van der Waals surface area contributed by atoms with Crippen molar-refractivity contribution in [2.24, 2.45) is 5.90 Å². The van der Waals surface area contributed by atoms with Crippen LogP contribution in [0.1, 0.15) is 5.56 Å². The minimum atomic E-state index is -3.86. The van der Waals surface area contributed by atoms with E-state index in [2.05, 4.69) is 4.28 Å². The molecule has 4 nitrogen and oxygen atoms in total. The Balaban J connectivity index is 2.88. The van der Waals surface area contributed by atoms with Gasteiger partial charge in [-0.25, -0.2) is 0 Å². The predicted octanol–water partition coefficient (Wildman–Crippen LogP) is 1.73. The highest BCUT2D eigenvalue weighted by Gasteiger charge is 2.17. The fourth-order valence-electron chi connectivity index (χ4n) is 1.69. The highest BCUT2D eigenvalue weighted by molar-refractivity contribution is 7.87. The van der Waals surface area contributed by atoms with E-state index < -0.39 is 10.1 Å². The van der Waals surface area contributed by atoms with Gasteiger partial charge in [-0.15, -0.1) is 0 Å². The van der Waals surface area contributed by atoms with Crippen LogP contribution in [0.2, 0.25) is 0 Å². The summed E-state index contributed by atoms with van der Waals surface area (Å²) in [5, 5.41) is 1.49. The van der Waals surface area contributed by atoms with E-state index in [4.69, 9.17) is 5.90 Å². The molecular weight excluding hydrogens is 226 g/mol. The van der Waals surface area contributed by atoms with Crippen molar-refractivity contribution in [1.82, 2.24) is 0 Å². The Morgan fingerprint density at radius 3 is 2.31 bits per heavy atom. The maximum Gasteiger partial charge on any atom is 0.313 e. The molecule has 84 valence electrons. The third-order valence-electron chi connectivity index (χ3n) is 2.50. The zero-order valence-corrected chi connectivity index (χ0v) is 9.49. The molecule has 0 aliphatic heterocycles. The molecule has 2 aromatic carbocycles. The topological polar surface area (TPSA) is 69.4 Å². The van der Waals surface area contributed by atoms with Gasteiger partial charge in [0, 0.05) is 5.39 Å². The van der Waals surface area contributed by atoms with Crippen LogP contribution in [0.3, 0.4) is 0 Å². The number of benzene rings is 2. The Bertz CT molecular complexity index is 635. The molecule has 2 rings (SSSR count). The molecule has 0 atom stereocenters. The van der Waals surface area contributed by atoms with Crippen LogP contribution in [-0.2, 0) is 14.4 Å². The summed E-state index contributed by atoms with van der Waals surface area (Å²) in [6.07, 6.45) is 0. The molecule has 0 spiro atoms. The lowest BCUT2D eigenvalue weighted by atomic mass is 10.1. The van der Waals surface area contributed by atoms with Gasteiger partial charge in [0.1, 0.15) is 4.90 Å². The third kappa shape index (κ3) is 1.69. The first-order valence-electron chi connectivity index (χ1n) is 4.68. The van der Waals surface area contributed by atoms with Crippen molar-refractivity contribution < 1.29 is 12.7 Å². The van der Waals surface area contributed by atoms with Gasteiger partial charge in [0.25, 0.3) is 0 Å². The van der Waals surface area contributed by atoms with Crippen LogP contribution in [0.15, 0.2) is 41.3 Å². The van der Waals surface area contributed by atoms with Crippen molar-refractivity contribution >= 4 is 20.9 Å². The van der Waals surface area contributed by atoms with E-state index in [9.17, 15) is 8.42 Å². The monoisotopic (exact) mass is 237 g/mol. The van der Waals surface area contributed by atoms with E-state index in [1.807, 2.05) is 19.1 Å². The van der Waals surface area contributed by atoms with Gasteiger partial charge in [-0.05, 0) is 23.9 Å². The summed E-state index contributed by atoms with van der Waals surface area (Å²) in [5.41, 5.74) is 1.01. The number of nitrogens with two attached hydrogens (primary N) is 1. The Hall–Kier alpha value is -1.43. The Labute approximate surface area is 93.7 Å². The zero-order valence-electron chi connectivity index (χ0n) is 8.67. The SMILES string of the molecule is Cc1ccc(S(=O)(=O)ON)c2ccccc12. The first-order valence-corrected chi connectivity index (χ1v) is 6.09. The average Bonchev–Trinajstić information content (AvgIpc) is 2.29. The van der Waals surface area contributed by atoms with Gasteiger partial charge >= 0.3 is 10.1 Å². The van der Waals surface area contributed by atoms with Gasteiger partial charge < -0.3 is 0 Å². The molecule has 0 saturated carbocycles. The molecule has 0 heterocycles. The summed E-state index contributed by atoms with van der Waals surface area (Å²) in [7, 11) is -3.86. The van der Waals surface area contributed by atoms with Crippen LogP contribution in [0.4, 0.5) is 0 Å². The van der Waals surface area contributed by atoms with Crippen molar-refractivity contribution in [2.45, 2.75) is 11.8 Å². The number of fused-ring (bicyclic) bond motifs is 1. The number of hydrogen-bond donors (Lipinski definition) is 1. The standard InChI is InChI=1S/C11H11NO3S/c1-8-6-7-11(16(13,14)15-12)10-5-3-2-4-9(8)10/h2-7H,12H2,1H3. The summed E-state index contributed by atoms with van der Waals surface area (Å²) < 4.78 is 27.2. The molecule has 0 aliphatic rings. The molecule has 0 saturated heterocycles. The molecule has 0 aromatic heterocycles. The van der Waals surface area contributed by atoms with Gasteiger partial charge in [0.15, 0.2) is 0 Å². The number of aryl methyl sites for hydroxylation is 1. The minimum Gasteiger partial charge on any atom is -0.197 e. The van der Waals surface area contributed by atoms with Crippen LogP contribution < -0.4 is 5.90 Å². The van der Waals surface area contributed by atoms with Crippen molar-refractivity contribution in [3.63, 3.8) is 0 Å². The van der Waals surface area contributed by atoms with Crippen LogP contribution in [0, 0.1) is 6.92 Å². The normalized spacial score (nSPS) is 11.9. The summed E-state index contributed by atoms with van der Waals surface area (Å²) in [5.74, 6) is 4.78. The smallest absolute Gasteiger partial charge is 0.197 e. The summed E-state index contributed by atoms with van der Waals surface area (Å²) in [6.45, 7) is 1.92. The van der Waals surface area contributed by atoms with Crippen molar-refractivity contribution in [1.29, 1.82) is 0 Å². The predicted molar refractivity (Wildman–Crippen MR) is 61.1 cm³/mol. The molecule has 0 unspecified atom stereocenters. The Morgan fingerprint density at radius 1 is 1.06 bits per heavy atom. The second kappa shape index (κ2) is 3.86. The van der Waals surface area contributed by atoms with Crippen LogP contribution in [0.25, 0.3) is 10.8 Å². The van der Waals surface area contributed by atoms with E-state index in [1.165, 1.54) is 6.07 Å². The van der Waals surface area contributed by atoms with Crippen LogP contribution in [-0.4, -0.2) is 8.42 Å². The number of hydrogen-bond acceptors (Lipinski definition) is 4. The first kappa shape index (κ1) is 11.1. The largest absolute Gasteiger partial charge is 0.313 e. The fourth-order valence-corrected chi connectivity index (χ4v) is 2.48. The summed E-state index contributed by atoms with van der Waals surface area (Å²) in [4.78, 5) is 0.0937. The summed E-state index contributed by atoms with van der Waals surface area (Å²) >= 11 is 0. The van der Waals surface area contributed by atoms with E-state index >= 15 is 0 Å². The minimum absolute atomic E-state index is 0.0937. The van der Waals surface area contributed by atoms with E-state index in [0.717, 1.165) is 10.9 Å². The maximum absolute atomic E-state index is 11.6. The molecule has 0 amide bonds.